The maximum atomic E-state index is 13.4. The highest BCUT2D eigenvalue weighted by Crippen LogP contribution is 2.46. The van der Waals surface area contributed by atoms with E-state index >= 15 is 0 Å². The van der Waals surface area contributed by atoms with Gasteiger partial charge in [-0.2, -0.15) is 26.3 Å². The number of hydrogen-bond acceptors (Lipinski definition) is 2. The lowest BCUT2D eigenvalue weighted by Gasteiger charge is -2.31. The van der Waals surface area contributed by atoms with Crippen LogP contribution in [-0.4, -0.2) is 7.11 Å². The van der Waals surface area contributed by atoms with E-state index in [1.807, 2.05) is 0 Å². The van der Waals surface area contributed by atoms with E-state index in [0.717, 1.165) is 26.4 Å². The van der Waals surface area contributed by atoms with Crippen LogP contribution in [0.1, 0.15) is 54.8 Å². The van der Waals surface area contributed by atoms with Crippen LogP contribution in [0.5, 0.6) is 5.75 Å². The van der Waals surface area contributed by atoms with Gasteiger partial charge in [-0.1, -0.05) is 19.3 Å². The lowest BCUT2D eigenvalue weighted by atomic mass is 9.79. The van der Waals surface area contributed by atoms with E-state index < -0.39 is 35.3 Å². The fraction of sp³-hybridized carbons (Fsp3) is 0.625. The third-order valence-electron chi connectivity index (χ3n) is 4.49. The van der Waals surface area contributed by atoms with Crippen LogP contribution in [0.2, 0.25) is 0 Å². The molecule has 24 heavy (non-hydrogen) atoms. The molecule has 2 N–H and O–H groups in total. The van der Waals surface area contributed by atoms with Gasteiger partial charge in [0.15, 0.2) is 0 Å². The van der Waals surface area contributed by atoms with Gasteiger partial charge in [0.2, 0.25) is 0 Å². The summed E-state index contributed by atoms with van der Waals surface area (Å²) >= 11 is 0. The predicted molar refractivity (Wildman–Crippen MR) is 76.5 cm³/mol. The van der Waals surface area contributed by atoms with Crippen molar-refractivity contribution in [3.8, 4) is 5.75 Å². The Balaban J connectivity index is 2.59. The quantitative estimate of drug-likeness (QED) is 0.746. The highest BCUT2D eigenvalue weighted by Gasteiger charge is 2.42. The van der Waals surface area contributed by atoms with Gasteiger partial charge in [-0.25, -0.2) is 0 Å². The zero-order valence-corrected chi connectivity index (χ0v) is 13.1. The first-order valence-corrected chi connectivity index (χ1v) is 7.67. The van der Waals surface area contributed by atoms with Crippen molar-refractivity contribution in [1.82, 2.24) is 0 Å². The molecule has 8 heteroatoms. The molecule has 0 spiro atoms. The number of hydrogen-bond donors (Lipinski definition) is 1. The van der Waals surface area contributed by atoms with Gasteiger partial charge in [0.25, 0.3) is 0 Å². The monoisotopic (exact) mass is 355 g/mol. The summed E-state index contributed by atoms with van der Waals surface area (Å²) in [6.07, 6.45) is -5.85. The first kappa shape index (κ1) is 18.9. The summed E-state index contributed by atoms with van der Waals surface area (Å²) in [5.41, 5.74) is 2.89. The Morgan fingerprint density at radius 1 is 1.00 bits per heavy atom. The van der Waals surface area contributed by atoms with Crippen LogP contribution in [0.3, 0.4) is 0 Å². The second kappa shape index (κ2) is 6.82. The van der Waals surface area contributed by atoms with Crippen molar-refractivity contribution in [1.29, 1.82) is 0 Å². The first-order valence-electron chi connectivity index (χ1n) is 7.67. The Bertz CT molecular complexity index is 575. The van der Waals surface area contributed by atoms with E-state index in [-0.39, 0.29) is 17.5 Å². The van der Waals surface area contributed by atoms with Crippen molar-refractivity contribution in [2.24, 2.45) is 11.7 Å². The highest BCUT2D eigenvalue weighted by atomic mass is 19.4. The Labute approximate surface area is 136 Å². The molecule has 1 aliphatic rings. The van der Waals surface area contributed by atoms with E-state index in [1.54, 1.807) is 0 Å². The van der Waals surface area contributed by atoms with E-state index in [4.69, 9.17) is 10.5 Å². The first-order chi connectivity index (χ1) is 11.1. The minimum Gasteiger partial charge on any atom is -0.496 e. The maximum Gasteiger partial charge on any atom is 0.416 e. The summed E-state index contributed by atoms with van der Waals surface area (Å²) in [6.45, 7) is 0. The molecule has 1 aromatic rings. The molecule has 0 saturated heterocycles. The van der Waals surface area contributed by atoms with Crippen molar-refractivity contribution >= 4 is 0 Å². The lowest BCUT2D eigenvalue weighted by molar-refractivity contribution is -0.143. The minimum atomic E-state index is -4.95. The molecule has 0 heterocycles. The molecule has 1 saturated carbocycles. The molecule has 1 fully saturated rings. The van der Waals surface area contributed by atoms with Crippen LogP contribution in [0, 0.1) is 5.92 Å². The Kier molecular flexibility index (Phi) is 5.37. The van der Waals surface area contributed by atoms with Gasteiger partial charge in [0.1, 0.15) is 5.75 Å². The molecule has 0 amide bonds. The van der Waals surface area contributed by atoms with Crippen molar-refractivity contribution in [3.63, 3.8) is 0 Å². The summed E-state index contributed by atoms with van der Waals surface area (Å²) < 4.78 is 83.7. The average Bonchev–Trinajstić information content (AvgIpc) is 2.52. The van der Waals surface area contributed by atoms with Crippen molar-refractivity contribution in [2.45, 2.75) is 50.5 Å². The summed E-state index contributed by atoms with van der Waals surface area (Å²) in [4.78, 5) is 0. The minimum absolute atomic E-state index is 0.126. The Hall–Kier alpha value is -1.44. The molecular weight excluding hydrogens is 336 g/mol. The summed E-state index contributed by atoms with van der Waals surface area (Å²) in [5.74, 6) is -0.666. The van der Waals surface area contributed by atoms with Crippen molar-refractivity contribution < 1.29 is 31.1 Å². The number of ether oxygens (including phenoxy) is 1. The molecule has 0 radical (unpaired) electrons. The van der Waals surface area contributed by atoms with Gasteiger partial charge in [0.05, 0.1) is 18.2 Å². The lowest BCUT2D eigenvalue weighted by Crippen LogP contribution is -2.27. The fourth-order valence-electron chi connectivity index (χ4n) is 3.27. The van der Waals surface area contributed by atoms with Crippen molar-refractivity contribution in [2.75, 3.05) is 7.11 Å². The highest BCUT2D eigenvalue weighted by molar-refractivity contribution is 5.48. The topological polar surface area (TPSA) is 35.2 Å². The zero-order chi connectivity index (χ0) is 18.1. The Morgan fingerprint density at radius 3 is 2.04 bits per heavy atom. The van der Waals surface area contributed by atoms with Gasteiger partial charge in [-0.3, -0.25) is 0 Å². The number of halogens is 6. The van der Waals surface area contributed by atoms with Gasteiger partial charge in [0, 0.05) is 11.6 Å². The third kappa shape index (κ3) is 3.96. The van der Waals surface area contributed by atoms with Crippen molar-refractivity contribution in [3.05, 3.63) is 28.8 Å². The van der Waals surface area contributed by atoms with Gasteiger partial charge < -0.3 is 10.5 Å². The van der Waals surface area contributed by atoms with Gasteiger partial charge in [-0.05, 0) is 30.9 Å². The smallest absolute Gasteiger partial charge is 0.416 e. The van der Waals surface area contributed by atoms with Gasteiger partial charge in [-0.15, -0.1) is 0 Å². The molecule has 0 aromatic heterocycles. The molecule has 1 aliphatic carbocycles. The second-order valence-corrected chi connectivity index (χ2v) is 6.06. The fourth-order valence-corrected chi connectivity index (χ4v) is 3.27. The average molecular weight is 355 g/mol. The number of nitrogens with two attached hydrogens (primary N) is 1. The molecule has 136 valence electrons. The molecule has 1 aromatic carbocycles. The SMILES string of the molecule is COc1cc(C(F)(F)F)cc(C(F)(F)F)c1[C@@H](N)C1CCCCC1. The molecule has 0 bridgehead atoms. The molecule has 2 rings (SSSR count). The van der Waals surface area contributed by atoms with E-state index in [0.29, 0.717) is 18.9 Å². The van der Waals surface area contributed by atoms with Crippen LogP contribution in [-0.2, 0) is 12.4 Å². The predicted octanol–water partition coefficient (Wildman–Crippen LogP) is 5.31. The number of rotatable bonds is 3. The standard InChI is InChI=1S/C16H19F6NO/c1-24-12-8-10(15(17,18)19)7-11(16(20,21)22)13(12)14(23)9-5-3-2-4-6-9/h7-9,14H,2-6,23H2,1H3/t14-/m0/s1. The van der Waals surface area contributed by atoms with Gasteiger partial charge >= 0.3 is 12.4 Å². The molecular formula is C16H19F6NO. The number of methoxy groups -OCH3 is 1. The van der Waals surface area contributed by atoms with Crippen LogP contribution >= 0.6 is 0 Å². The zero-order valence-electron chi connectivity index (χ0n) is 13.1. The van der Waals surface area contributed by atoms with Crippen LogP contribution in [0.4, 0.5) is 26.3 Å². The third-order valence-corrected chi connectivity index (χ3v) is 4.49. The van der Waals surface area contributed by atoms with E-state index in [2.05, 4.69) is 0 Å². The van der Waals surface area contributed by atoms with E-state index in [1.165, 1.54) is 0 Å². The maximum absolute atomic E-state index is 13.4. The molecule has 1 atom stereocenters. The van der Waals surface area contributed by atoms with Crippen LogP contribution in [0.15, 0.2) is 12.1 Å². The second-order valence-electron chi connectivity index (χ2n) is 6.06. The van der Waals surface area contributed by atoms with Crippen LogP contribution in [0.25, 0.3) is 0 Å². The summed E-state index contributed by atoms with van der Waals surface area (Å²) in [7, 11) is 1.05. The largest absolute Gasteiger partial charge is 0.496 e. The number of alkyl halides is 6. The number of benzene rings is 1. The normalized spacial score (nSPS) is 18.5. The summed E-state index contributed by atoms with van der Waals surface area (Å²) in [5, 5.41) is 0. The van der Waals surface area contributed by atoms with E-state index in [9.17, 15) is 26.3 Å². The molecule has 0 aliphatic heterocycles. The molecule has 2 nitrogen and oxygen atoms in total. The molecule has 0 unspecified atom stereocenters. The Morgan fingerprint density at radius 2 is 1.58 bits per heavy atom. The van der Waals surface area contributed by atoms with Crippen LogP contribution < -0.4 is 10.5 Å². The summed E-state index contributed by atoms with van der Waals surface area (Å²) in [6, 6.07) is -0.299.